The maximum Gasteiger partial charge on any atom is 0.233 e. The highest BCUT2D eigenvalue weighted by Crippen LogP contribution is 2.32. The van der Waals surface area contributed by atoms with E-state index in [2.05, 4.69) is 46.1 Å². The third-order valence-electron chi connectivity index (χ3n) is 5.32. The molecule has 1 amide bonds. The smallest absolute Gasteiger partial charge is 0.233 e. The first kappa shape index (κ1) is 21.6. The predicted octanol–water partition coefficient (Wildman–Crippen LogP) is 3.63. The summed E-state index contributed by atoms with van der Waals surface area (Å²) >= 11 is 1.37. The van der Waals surface area contributed by atoms with Gasteiger partial charge in [0.2, 0.25) is 5.91 Å². The number of aryl methyl sites for hydroxylation is 1. The average molecular weight is 456 g/mol. The van der Waals surface area contributed by atoms with Crippen LogP contribution in [0.2, 0.25) is 0 Å². The summed E-state index contributed by atoms with van der Waals surface area (Å²) in [6, 6.07) is 17.9. The Kier molecular flexibility index (Phi) is 6.20. The Morgan fingerprint density at radius 1 is 1.16 bits per heavy atom. The first-order chi connectivity index (χ1) is 14.8. The minimum absolute atomic E-state index is 0.0202. The second-order valence-electron chi connectivity index (χ2n) is 7.83. The lowest BCUT2D eigenvalue weighted by Gasteiger charge is -2.17. The molecule has 4 rings (SSSR count). The number of aromatic nitrogens is 2. The number of carbonyl (C=O) groups excluding carboxylic acids is 1. The molecule has 1 aromatic heterocycles. The molecule has 1 saturated heterocycles. The largest absolute Gasteiger partial charge is 0.351 e. The van der Waals surface area contributed by atoms with E-state index in [-0.39, 0.29) is 23.5 Å². The van der Waals surface area contributed by atoms with Crippen LogP contribution in [0.3, 0.4) is 0 Å². The molecular weight excluding hydrogens is 430 g/mol. The molecule has 0 radical (unpaired) electrons. The van der Waals surface area contributed by atoms with E-state index in [1.165, 1.54) is 17.3 Å². The topological polar surface area (TPSA) is 81.1 Å². The van der Waals surface area contributed by atoms with Crippen molar-refractivity contribution in [3.05, 3.63) is 66.4 Å². The number of nitrogens with zero attached hydrogens (tertiary/aromatic N) is 2. The van der Waals surface area contributed by atoms with Crippen LogP contribution in [0.4, 0.5) is 0 Å². The van der Waals surface area contributed by atoms with Crippen molar-refractivity contribution in [2.24, 2.45) is 0 Å². The fourth-order valence-corrected chi connectivity index (χ4v) is 6.20. The summed E-state index contributed by atoms with van der Waals surface area (Å²) < 4.78 is 25.4. The molecule has 2 aromatic carbocycles. The predicted molar refractivity (Wildman–Crippen MR) is 124 cm³/mol. The molecule has 162 valence electrons. The van der Waals surface area contributed by atoms with Crippen LogP contribution >= 0.6 is 11.8 Å². The molecule has 6 nitrogen and oxygen atoms in total. The Hall–Kier alpha value is -2.58. The van der Waals surface area contributed by atoms with Gasteiger partial charge in [0.05, 0.1) is 28.6 Å². The van der Waals surface area contributed by atoms with Crippen molar-refractivity contribution in [3.63, 3.8) is 0 Å². The lowest BCUT2D eigenvalue weighted by Crippen LogP contribution is -2.40. The highest BCUT2D eigenvalue weighted by atomic mass is 32.2. The number of imidazole rings is 1. The van der Waals surface area contributed by atoms with Gasteiger partial charge in [-0.15, -0.1) is 0 Å². The highest BCUT2D eigenvalue weighted by Gasteiger charge is 2.30. The van der Waals surface area contributed by atoms with Crippen molar-refractivity contribution in [2.75, 3.05) is 11.5 Å². The van der Waals surface area contributed by atoms with E-state index in [4.69, 9.17) is 0 Å². The molecule has 3 aromatic rings. The van der Waals surface area contributed by atoms with Gasteiger partial charge in [0, 0.05) is 17.3 Å². The Bertz CT molecular complexity index is 1170. The summed E-state index contributed by atoms with van der Waals surface area (Å²) in [6.07, 6.45) is 2.30. The van der Waals surface area contributed by atoms with Crippen LogP contribution in [0.5, 0.6) is 0 Å². The summed E-state index contributed by atoms with van der Waals surface area (Å²) in [5, 5.41) is 3.18. The van der Waals surface area contributed by atoms with Gasteiger partial charge >= 0.3 is 0 Å². The van der Waals surface area contributed by atoms with E-state index < -0.39 is 15.1 Å². The van der Waals surface area contributed by atoms with Crippen molar-refractivity contribution < 1.29 is 13.2 Å². The van der Waals surface area contributed by atoms with E-state index in [0.29, 0.717) is 11.6 Å². The number of amides is 1. The number of benzene rings is 2. The van der Waals surface area contributed by atoms with Crippen LogP contribution in [-0.2, 0) is 14.6 Å². The van der Waals surface area contributed by atoms with Crippen LogP contribution in [0.1, 0.15) is 18.9 Å². The fraction of sp³-hybridized carbons (Fsp3) is 0.304. The van der Waals surface area contributed by atoms with E-state index in [1.807, 2.05) is 43.5 Å². The molecule has 1 fully saturated rings. The summed E-state index contributed by atoms with van der Waals surface area (Å²) in [4.78, 5) is 17.3. The van der Waals surface area contributed by atoms with Gasteiger partial charge in [-0.2, -0.15) is 0 Å². The number of para-hydroxylation sites is 1. The first-order valence-electron chi connectivity index (χ1n) is 10.2. The number of sulfone groups is 1. The molecule has 8 heteroatoms. The van der Waals surface area contributed by atoms with E-state index in [9.17, 15) is 13.2 Å². The summed E-state index contributed by atoms with van der Waals surface area (Å²) in [5.41, 5.74) is 4.14. The molecular formula is C23H25N3O3S2. The van der Waals surface area contributed by atoms with Crippen molar-refractivity contribution in [2.45, 2.75) is 36.7 Å². The third kappa shape index (κ3) is 5.02. The molecule has 31 heavy (non-hydrogen) atoms. The van der Waals surface area contributed by atoms with Gasteiger partial charge in [0.1, 0.15) is 0 Å². The molecule has 0 spiro atoms. The SMILES string of the molecule is Cc1ccc(-c2cnc(S[C@H](C)C(=O)N[C@H]3CCS(=O)(=O)C3)n2-c2ccccc2)cc1. The van der Waals surface area contributed by atoms with Crippen LogP contribution in [0, 0.1) is 6.92 Å². The van der Waals surface area contributed by atoms with E-state index >= 15 is 0 Å². The molecule has 0 aliphatic carbocycles. The standard InChI is InChI=1S/C23H25N3O3S2/c1-16-8-10-18(11-9-16)21-14-24-23(26(21)20-6-4-3-5-7-20)30-17(2)22(27)25-19-12-13-31(28,29)15-19/h3-11,14,17,19H,12-13,15H2,1-2H3,(H,25,27)/t17-,19+/m1/s1. The quantitative estimate of drug-likeness (QED) is 0.574. The minimum Gasteiger partial charge on any atom is -0.351 e. The van der Waals surface area contributed by atoms with Gasteiger partial charge < -0.3 is 5.32 Å². The van der Waals surface area contributed by atoms with Crippen LogP contribution in [0.15, 0.2) is 66.0 Å². The number of hydrogen-bond acceptors (Lipinski definition) is 5. The van der Waals surface area contributed by atoms with Crippen LogP contribution in [-0.4, -0.2) is 46.7 Å². The van der Waals surface area contributed by atoms with Crippen molar-refractivity contribution >= 4 is 27.5 Å². The summed E-state index contributed by atoms with van der Waals surface area (Å²) in [7, 11) is -3.04. The van der Waals surface area contributed by atoms with E-state index in [1.54, 1.807) is 0 Å². The molecule has 0 unspecified atom stereocenters. The normalized spacial score (nSPS) is 18.6. The minimum atomic E-state index is -3.04. The molecule has 0 saturated carbocycles. The van der Waals surface area contributed by atoms with Crippen LogP contribution < -0.4 is 5.32 Å². The zero-order valence-electron chi connectivity index (χ0n) is 17.5. The van der Waals surface area contributed by atoms with Crippen molar-refractivity contribution in [3.8, 4) is 16.9 Å². The van der Waals surface area contributed by atoms with Gasteiger partial charge in [0.25, 0.3) is 0 Å². The first-order valence-corrected chi connectivity index (χ1v) is 12.9. The maximum atomic E-state index is 12.7. The number of thioether (sulfide) groups is 1. The Labute approximate surface area is 187 Å². The summed E-state index contributed by atoms with van der Waals surface area (Å²) in [6.45, 7) is 3.87. The monoisotopic (exact) mass is 455 g/mol. The van der Waals surface area contributed by atoms with Crippen molar-refractivity contribution in [1.29, 1.82) is 0 Å². The molecule has 2 heterocycles. The summed E-state index contributed by atoms with van der Waals surface area (Å²) in [5.74, 6) is -0.0176. The Morgan fingerprint density at radius 3 is 2.52 bits per heavy atom. The Morgan fingerprint density at radius 2 is 1.87 bits per heavy atom. The second kappa shape index (κ2) is 8.88. The molecule has 1 aliphatic heterocycles. The zero-order valence-corrected chi connectivity index (χ0v) is 19.1. The Balaban J connectivity index is 1.59. The van der Waals surface area contributed by atoms with Gasteiger partial charge in [-0.25, -0.2) is 13.4 Å². The average Bonchev–Trinajstić information content (AvgIpc) is 3.31. The number of nitrogens with one attached hydrogen (secondary N) is 1. The highest BCUT2D eigenvalue weighted by molar-refractivity contribution is 8.00. The van der Waals surface area contributed by atoms with Gasteiger partial charge in [0.15, 0.2) is 15.0 Å². The molecule has 1 N–H and O–H groups in total. The van der Waals surface area contributed by atoms with Crippen LogP contribution in [0.25, 0.3) is 16.9 Å². The molecule has 0 bridgehead atoms. The second-order valence-corrected chi connectivity index (χ2v) is 11.4. The van der Waals surface area contributed by atoms with Gasteiger partial charge in [-0.3, -0.25) is 9.36 Å². The molecule has 2 atom stereocenters. The lowest BCUT2D eigenvalue weighted by atomic mass is 10.1. The van der Waals surface area contributed by atoms with Gasteiger partial charge in [-0.1, -0.05) is 59.8 Å². The fourth-order valence-electron chi connectivity index (χ4n) is 3.61. The third-order valence-corrected chi connectivity index (χ3v) is 8.16. The number of rotatable bonds is 6. The number of hydrogen-bond donors (Lipinski definition) is 1. The number of carbonyl (C=O) groups is 1. The molecule has 1 aliphatic rings. The lowest BCUT2D eigenvalue weighted by molar-refractivity contribution is -0.120. The maximum absolute atomic E-state index is 12.7. The van der Waals surface area contributed by atoms with Gasteiger partial charge in [-0.05, 0) is 32.4 Å². The van der Waals surface area contributed by atoms with E-state index in [0.717, 1.165) is 16.9 Å². The zero-order chi connectivity index (χ0) is 22.0. The van der Waals surface area contributed by atoms with Crippen molar-refractivity contribution in [1.82, 2.24) is 14.9 Å².